The fourth-order valence-corrected chi connectivity index (χ4v) is 4.45. The zero-order valence-corrected chi connectivity index (χ0v) is 18.2. The summed E-state index contributed by atoms with van der Waals surface area (Å²) in [5, 5.41) is 9.93. The smallest absolute Gasteiger partial charge is 0.256 e. The highest BCUT2D eigenvalue weighted by Crippen LogP contribution is 2.31. The topological polar surface area (TPSA) is 73.7 Å². The molecule has 4 rings (SSSR count). The summed E-state index contributed by atoms with van der Waals surface area (Å²) >= 11 is 0. The van der Waals surface area contributed by atoms with Crippen LogP contribution in [-0.4, -0.2) is 57.9 Å². The van der Waals surface area contributed by atoms with Crippen molar-refractivity contribution in [3.05, 3.63) is 70.6 Å². The lowest BCUT2D eigenvalue weighted by atomic mass is 9.89. The molecule has 0 aliphatic carbocycles. The van der Waals surface area contributed by atoms with E-state index in [1.54, 1.807) is 25.1 Å². The van der Waals surface area contributed by atoms with Gasteiger partial charge < -0.3 is 14.9 Å². The Morgan fingerprint density at radius 3 is 2.39 bits per heavy atom. The number of hydrogen-bond donors (Lipinski definition) is 1. The van der Waals surface area contributed by atoms with Gasteiger partial charge in [-0.3, -0.25) is 14.6 Å². The van der Waals surface area contributed by atoms with Crippen LogP contribution in [0.2, 0.25) is 0 Å². The molecule has 1 aromatic carbocycles. The second-order valence-electron chi connectivity index (χ2n) is 8.41. The van der Waals surface area contributed by atoms with Crippen molar-refractivity contribution in [1.29, 1.82) is 0 Å². The highest BCUT2D eigenvalue weighted by Gasteiger charge is 2.30. The van der Waals surface area contributed by atoms with Gasteiger partial charge in [0.1, 0.15) is 5.75 Å². The van der Waals surface area contributed by atoms with Crippen LogP contribution < -0.4 is 0 Å². The number of nitrogens with zero attached hydrogens (tertiary/aromatic N) is 3. The minimum Gasteiger partial charge on any atom is -0.508 e. The number of likely N-dealkylation sites (tertiary alicyclic amines) is 1. The first-order valence-corrected chi connectivity index (χ1v) is 11.0. The van der Waals surface area contributed by atoms with Crippen molar-refractivity contribution in [3.8, 4) is 5.75 Å². The van der Waals surface area contributed by atoms with E-state index in [0.29, 0.717) is 36.3 Å². The van der Waals surface area contributed by atoms with Crippen molar-refractivity contribution in [2.75, 3.05) is 26.2 Å². The molecule has 1 aromatic heterocycles. The number of phenolic OH excluding ortho intramolecular Hbond substituents is 1. The number of pyridine rings is 1. The Balaban J connectivity index is 1.50. The standard InChI is InChI=1S/C25H29N3O3/c1-17-9-10-21(25(31)27-13-4-3-5-14-27)23(26-17)19-11-15-28(16-12-19)24(30)20-7-6-8-22(29)18(20)2/h3-4,6-10,19,29H,5,11-16H2,1-2H3. The molecule has 0 saturated carbocycles. The van der Waals surface area contributed by atoms with Crippen molar-refractivity contribution in [3.63, 3.8) is 0 Å². The monoisotopic (exact) mass is 419 g/mol. The van der Waals surface area contributed by atoms with Gasteiger partial charge in [-0.25, -0.2) is 0 Å². The second kappa shape index (κ2) is 8.92. The first kappa shape index (κ1) is 21.1. The van der Waals surface area contributed by atoms with E-state index in [2.05, 4.69) is 6.08 Å². The zero-order valence-electron chi connectivity index (χ0n) is 18.2. The van der Waals surface area contributed by atoms with E-state index in [4.69, 9.17) is 4.98 Å². The Labute approximate surface area is 183 Å². The maximum Gasteiger partial charge on any atom is 0.256 e. The molecule has 31 heavy (non-hydrogen) atoms. The number of aryl methyl sites for hydroxylation is 1. The molecule has 1 saturated heterocycles. The SMILES string of the molecule is Cc1ccc(C(=O)N2CC=CCC2)c(C2CCN(C(=O)c3cccc(O)c3C)CC2)n1. The van der Waals surface area contributed by atoms with E-state index >= 15 is 0 Å². The minimum absolute atomic E-state index is 0.0424. The van der Waals surface area contributed by atoms with Crippen molar-refractivity contribution in [1.82, 2.24) is 14.8 Å². The van der Waals surface area contributed by atoms with Gasteiger partial charge in [-0.15, -0.1) is 0 Å². The van der Waals surface area contributed by atoms with Crippen molar-refractivity contribution < 1.29 is 14.7 Å². The van der Waals surface area contributed by atoms with Gasteiger partial charge in [-0.05, 0) is 57.4 Å². The maximum absolute atomic E-state index is 13.2. The number of carbonyl (C=O) groups excluding carboxylic acids is 2. The normalized spacial score (nSPS) is 17.1. The molecule has 3 heterocycles. The molecule has 0 atom stereocenters. The molecule has 6 nitrogen and oxygen atoms in total. The highest BCUT2D eigenvalue weighted by atomic mass is 16.3. The number of aromatic hydroxyl groups is 1. The van der Waals surface area contributed by atoms with Crippen LogP contribution in [0, 0.1) is 13.8 Å². The van der Waals surface area contributed by atoms with Gasteiger partial charge in [0, 0.05) is 48.9 Å². The number of carbonyl (C=O) groups is 2. The highest BCUT2D eigenvalue weighted by molar-refractivity contribution is 5.97. The quantitative estimate of drug-likeness (QED) is 0.768. The summed E-state index contributed by atoms with van der Waals surface area (Å²) in [7, 11) is 0. The molecule has 0 bridgehead atoms. The number of rotatable bonds is 3. The third-order valence-corrected chi connectivity index (χ3v) is 6.34. The second-order valence-corrected chi connectivity index (χ2v) is 8.41. The third-order valence-electron chi connectivity index (χ3n) is 6.34. The largest absolute Gasteiger partial charge is 0.508 e. The summed E-state index contributed by atoms with van der Waals surface area (Å²) in [4.78, 5) is 34.6. The molecule has 0 radical (unpaired) electrons. The molecule has 6 heteroatoms. The van der Waals surface area contributed by atoms with E-state index in [1.165, 1.54) is 0 Å². The van der Waals surface area contributed by atoms with E-state index < -0.39 is 0 Å². The van der Waals surface area contributed by atoms with Crippen LogP contribution in [0.15, 0.2) is 42.5 Å². The summed E-state index contributed by atoms with van der Waals surface area (Å²) in [6.07, 6.45) is 6.56. The number of benzene rings is 1. The minimum atomic E-state index is -0.0551. The van der Waals surface area contributed by atoms with Crippen molar-refractivity contribution in [2.45, 2.75) is 39.0 Å². The summed E-state index contributed by atoms with van der Waals surface area (Å²) in [6.45, 7) is 6.30. The van der Waals surface area contributed by atoms with Gasteiger partial charge in [0.15, 0.2) is 0 Å². The van der Waals surface area contributed by atoms with Gasteiger partial charge in [-0.2, -0.15) is 0 Å². The summed E-state index contributed by atoms with van der Waals surface area (Å²) in [5.74, 6) is 0.273. The number of aromatic nitrogens is 1. The molecule has 0 spiro atoms. The Morgan fingerprint density at radius 1 is 0.935 bits per heavy atom. The number of amides is 2. The van der Waals surface area contributed by atoms with E-state index in [1.807, 2.05) is 34.9 Å². The lowest BCUT2D eigenvalue weighted by Gasteiger charge is -2.33. The predicted octanol–water partition coefficient (Wildman–Crippen LogP) is 3.83. The van der Waals surface area contributed by atoms with Crippen LogP contribution in [0.25, 0.3) is 0 Å². The first-order chi connectivity index (χ1) is 15.0. The summed E-state index contributed by atoms with van der Waals surface area (Å²) < 4.78 is 0. The van der Waals surface area contributed by atoms with Gasteiger partial charge in [0.2, 0.25) is 0 Å². The van der Waals surface area contributed by atoms with Crippen LogP contribution in [-0.2, 0) is 0 Å². The Hall–Kier alpha value is -3.15. The first-order valence-electron chi connectivity index (χ1n) is 11.0. The molecule has 2 aromatic rings. The Bertz CT molecular complexity index is 1020. The fraction of sp³-hybridized carbons (Fsp3) is 0.400. The lowest BCUT2D eigenvalue weighted by molar-refractivity contribution is 0.0704. The average Bonchev–Trinajstić information content (AvgIpc) is 2.80. The van der Waals surface area contributed by atoms with Gasteiger partial charge in [-0.1, -0.05) is 18.2 Å². The molecule has 1 N–H and O–H groups in total. The average molecular weight is 420 g/mol. The van der Waals surface area contributed by atoms with Crippen LogP contribution in [0.4, 0.5) is 0 Å². The van der Waals surface area contributed by atoms with Crippen molar-refractivity contribution >= 4 is 11.8 Å². The van der Waals surface area contributed by atoms with Crippen LogP contribution in [0.5, 0.6) is 5.75 Å². The van der Waals surface area contributed by atoms with E-state index in [-0.39, 0.29) is 23.5 Å². The van der Waals surface area contributed by atoms with Gasteiger partial charge in [0.05, 0.1) is 11.3 Å². The van der Waals surface area contributed by atoms with Crippen LogP contribution in [0.3, 0.4) is 0 Å². The molecule has 2 amide bonds. The number of phenols is 1. The number of hydrogen-bond acceptors (Lipinski definition) is 4. The Kier molecular flexibility index (Phi) is 6.07. The maximum atomic E-state index is 13.2. The van der Waals surface area contributed by atoms with E-state index in [9.17, 15) is 14.7 Å². The predicted molar refractivity (Wildman–Crippen MR) is 119 cm³/mol. The molecule has 2 aliphatic rings. The molecule has 2 aliphatic heterocycles. The van der Waals surface area contributed by atoms with Crippen LogP contribution in [0.1, 0.15) is 62.8 Å². The molecule has 1 fully saturated rings. The lowest BCUT2D eigenvalue weighted by Crippen LogP contribution is -2.39. The molecule has 162 valence electrons. The van der Waals surface area contributed by atoms with Crippen molar-refractivity contribution in [2.24, 2.45) is 0 Å². The van der Waals surface area contributed by atoms with E-state index in [0.717, 1.165) is 37.2 Å². The summed E-state index contributed by atoms with van der Waals surface area (Å²) in [6, 6.07) is 8.87. The molecule has 0 unspecified atom stereocenters. The molecular formula is C25H29N3O3. The van der Waals surface area contributed by atoms with Crippen LogP contribution >= 0.6 is 0 Å². The summed E-state index contributed by atoms with van der Waals surface area (Å²) in [5.41, 5.74) is 3.60. The third kappa shape index (κ3) is 4.33. The Morgan fingerprint density at radius 2 is 1.68 bits per heavy atom. The zero-order chi connectivity index (χ0) is 22.0. The van der Waals surface area contributed by atoms with Gasteiger partial charge in [0.25, 0.3) is 11.8 Å². The number of piperidine rings is 1. The van der Waals surface area contributed by atoms with Gasteiger partial charge >= 0.3 is 0 Å². The molecular weight excluding hydrogens is 390 g/mol. The fourth-order valence-electron chi connectivity index (χ4n) is 4.45.